The number of aromatic nitrogens is 2. The van der Waals surface area contributed by atoms with Crippen LogP contribution in [0, 0.1) is 6.92 Å². The molecule has 2 atom stereocenters. The largest absolute Gasteiger partial charge is 0.443 e. The lowest BCUT2D eigenvalue weighted by molar-refractivity contribution is 0.136. The van der Waals surface area contributed by atoms with E-state index in [1.807, 2.05) is 43.3 Å². The van der Waals surface area contributed by atoms with Crippen molar-refractivity contribution in [2.24, 2.45) is 0 Å². The molecule has 2 heterocycles. The summed E-state index contributed by atoms with van der Waals surface area (Å²) in [6.07, 6.45) is 3.11. The Morgan fingerprint density at radius 3 is 2.78 bits per heavy atom. The van der Waals surface area contributed by atoms with Crippen molar-refractivity contribution in [2.45, 2.75) is 50.1 Å². The molecule has 12 heteroatoms. The molecule has 6 rings (SSSR count). The summed E-state index contributed by atoms with van der Waals surface area (Å²) >= 11 is 6.37. The molecular formula is C25H25ClN6O4S. The molecule has 4 N–H and O–H groups in total. The van der Waals surface area contributed by atoms with Crippen LogP contribution in [-0.2, 0) is 27.7 Å². The van der Waals surface area contributed by atoms with Crippen LogP contribution in [-0.4, -0.2) is 35.8 Å². The van der Waals surface area contributed by atoms with Gasteiger partial charge in [-0.1, -0.05) is 29.8 Å². The van der Waals surface area contributed by atoms with Gasteiger partial charge in [0.25, 0.3) is 0 Å². The Hall–Kier alpha value is -3.41. The van der Waals surface area contributed by atoms with E-state index in [0.29, 0.717) is 23.2 Å². The second kappa shape index (κ2) is 9.16. The third-order valence-corrected chi connectivity index (χ3v) is 8.96. The van der Waals surface area contributed by atoms with Gasteiger partial charge < -0.3 is 20.7 Å². The zero-order chi connectivity index (χ0) is 25.7. The van der Waals surface area contributed by atoms with Crippen LogP contribution in [0.15, 0.2) is 42.6 Å². The minimum absolute atomic E-state index is 0.150. The van der Waals surface area contributed by atoms with Gasteiger partial charge >= 0.3 is 6.09 Å². The highest BCUT2D eigenvalue weighted by Crippen LogP contribution is 2.38. The second-order valence-corrected chi connectivity index (χ2v) is 12.0. The third kappa shape index (κ3) is 4.94. The topological polar surface area (TPSA) is 134 Å². The summed E-state index contributed by atoms with van der Waals surface area (Å²) in [4.78, 5) is 20.4. The van der Waals surface area contributed by atoms with E-state index < -0.39 is 16.1 Å². The summed E-state index contributed by atoms with van der Waals surface area (Å²) < 4.78 is 32.2. The second-order valence-electron chi connectivity index (χ2n) is 9.54. The van der Waals surface area contributed by atoms with Gasteiger partial charge in [0.15, 0.2) is 5.82 Å². The molecule has 1 unspecified atom stereocenters. The number of nitrogens with zero attached hydrogens (tertiary/aromatic N) is 2. The summed E-state index contributed by atoms with van der Waals surface area (Å²) in [6.45, 7) is 2.18. The number of fused-ring (bicyclic) bond motifs is 3. The van der Waals surface area contributed by atoms with Crippen LogP contribution in [0.4, 0.5) is 27.9 Å². The molecule has 192 valence electrons. The van der Waals surface area contributed by atoms with Crippen molar-refractivity contribution < 1.29 is 17.9 Å². The Labute approximate surface area is 219 Å². The van der Waals surface area contributed by atoms with Crippen LogP contribution in [0.3, 0.4) is 0 Å². The fourth-order valence-electron chi connectivity index (χ4n) is 4.69. The van der Waals surface area contributed by atoms with Crippen LogP contribution < -0.4 is 20.7 Å². The first-order chi connectivity index (χ1) is 17.7. The quantitative estimate of drug-likeness (QED) is 0.334. The maximum Gasteiger partial charge on any atom is 0.408 e. The zero-order valence-electron chi connectivity index (χ0n) is 19.9. The van der Waals surface area contributed by atoms with Crippen LogP contribution in [0.5, 0.6) is 0 Å². The van der Waals surface area contributed by atoms with E-state index in [9.17, 15) is 13.2 Å². The molecule has 2 aliphatic carbocycles. The van der Waals surface area contributed by atoms with Gasteiger partial charge in [0, 0.05) is 24.3 Å². The minimum Gasteiger partial charge on any atom is -0.443 e. The lowest BCUT2D eigenvalue weighted by atomic mass is 10.1. The average Bonchev–Trinajstić information content (AvgIpc) is 3.60. The van der Waals surface area contributed by atoms with E-state index in [2.05, 4.69) is 30.6 Å². The van der Waals surface area contributed by atoms with Crippen molar-refractivity contribution in [1.82, 2.24) is 20.0 Å². The van der Waals surface area contributed by atoms with Crippen molar-refractivity contribution >= 4 is 50.9 Å². The lowest BCUT2D eigenvalue weighted by Crippen LogP contribution is -2.26. The number of anilines is 4. The normalized spacial score (nSPS) is 20.1. The summed E-state index contributed by atoms with van der Waals surface area (Å²) in [7, 11) is -3.23. The Morgan fingerprint density at radius 1 is 1.16 bits per heavy atom. The van der Waals surface area contributed by atoms with E-state index in [4.69, 9.17) is 16.3 Å². The predicted molar refractivity (Wildman–Crippen MR) is 140 cm³/mol. The van der Waals surface area contributed by atoms with Gasteiger partial charge in [0.2, 0.25) is 16.0 Å². The van der Waals surface area contributed by atoms with E-state index in [0.717, 1.165) is 46.5 Å². The number of amides is 1. The monoisotopic (exact) mass is 540 g/mol. The SMILES string of the molecule is Cc1cc(CNS(=O)(=O)C2CC2)ccc1Nc1nc(Nc2ccc3c(c2)[C@@H]2NC(=O)OC2C3)ncc1Cl. The number of hydrogen-bond acceptors (Lipinski definition) is 8. The average molecular weight is 541 g/mol. The zero-order valence-corrected chi connectivity index (χ0v) is 21.5. The molecule has 0 spiro atoms. The van der Waals surface area contributed by atoms with Crippen molar-refractivity contribution in [3.63, 3.8) is 0 Å². The highest BCUT2D eigenvalue weighted by Gasteiger charge is 2.41. The standard InChI is InChI=1S/C25H25ClN6O4S/c1-13-8-14(11-28-37(34,35)17-5-6-17)2-7-20(13)30-23-19(26)12-27-24(32-23)29-16-4-3-15-9-21-22(18(15)10-16)31-25(33)36-21/h2-4,7-8,10,12,17,21-22,28H,5-6,9,11H2,1H3,(H,31,33)(H2,27,29,30,32)/t21?,22-/m0/s1. The molecule has 1 aromatic heterocycles. The smallest absolute Gasteiger partial charge is 0.408 e. The number of rotatable bonds is 8. The molecule has 2 fully saturated rings. The number of carbonyl (C=O) groups is 1. The predicted octanol–water partition coefficient (Wildman–Crippen LogP) is 4.21. The number of aryl methyl sites for hydroxylation is 1. The van der Waals surface area contributed by atoms with Crippen molar-refractivity contribution in [2.75, 3.05) is 10.6 Å². The fourth-order valence-corrected chi connectivity index (χ4v) is 6.19. The molecule has 10 nitrogen and oxygen atoms in total. The minimum atomic E-state index is -3.23. The maximum atomic E-state index is 12.1. The van der Waals surface area contributed by atoms with Gasteiger partial charge in [-0.25, -0.2) is 22.9 Å². The van der Waals surface area contributed by atoms with Crippen molar-refractivity contribution in [1.29, 1.82) is 0 Å². The molecule has 1 saturated carbocycles. The van der Waals surface area contributed by atoms with Crippen molar-refractivity contribution in [3.8, 4) is 0 Å². The number of nitrogens with one attached hydrogen (secondary N) is 4. The van der Waals surface area contributed by atoms with E-state index in [1.54, 1.807) is 0 Å². The van der Waals surface area contributed by atoms with E-state index in [-0.39, 0.29) is 23.9 Å². The van der Waals surface area contributed by atoms with Crippen LogP contribution >= 0.6 is 11.6 Å². The van der Waals surface area contributed by atoms with Crippen LogP contribution in [0.1, 0.15) is 41.1 Å². The first-order valence-electron chi connectivity index (χ1n) is 12.0. The number of hydrogen-bond donors (Lipinski definition) is 4. The number of benzene rings is 2. The Bertz CT molecular complexity index is 1510. The van der Waals surface area contributed by atoms with Crippen LogP contribution in [0.2, 0.25) is 5.02 Å². The molecule has 1 saturated heterocycles. The fraction of sp³-hybridized carbons (Fsp3) is 0.320. The Balaban J connectivity index is 1.15. The number of halogens is 1. The molecule has 37 heavy (non-hydrogen) atoms. The first-order valence-corrected chi connectivity index (χ1v) is 13.9. The lowest BCUT2D eigenvalue weighted by Gasteiger charge is -2.14. The van der Waals surface area contributed by atoms with E-state index >= 15 is 0 Å². The first kappa shape index (κ1) is 24.0. The number of sulfonamides is 1. The van der Waals surface area contributed by atoms with Crippen LogP contribution in [0.25, 0.3) is 0 Å². The summed E-state index contributed by atoms with van der Waals surface area (Å²) in [5.41, 5.74) is 5.51. The van der Waals surface area contributed by atoms with Gasteiger partial charge in [-0.15, -0.1) is 0 Å². The molecule has 1 aliphatic heterocycles. The number of alkyl carbamates (subject to hydrolysis) is 1. The van der Waals surface area contributed by atoms with Gasteiger partial charge in [0.05, 0.1) is 17.5 Å². The summed E-state index contributed by atoms with van der Waals surface area (Å²) in [5, 5.41) is 9.42. The van der Waals surface area contributed by atoms with Gasteiger partial charge in [-0.3, -0.25) is 0 Å². The third-order valence-electron chi connectivity index (χ3n) is 6.79. The van der Waals surface area contributed by atoms with Crippen molar-refractivity contribution in [3.05, 3.63) is 69.9 Å². The molecule has 3 aliphatic rings. The Morgan fingerprint density at radius 2 is 2.00 bits per heavy atom. The molecule has 1 amide bonds. The van der Waals surface area contributed by atoms with E-state index in [1.165, 1.54) is 6.20 Å². The molecular weight excluding hydrogens is 516 g/mol. The molecule has 0 bridgehead atoms. The number of ether oxygens (including phenoxy) is 1. The highest BCUT2D eigenvalue weighted by atomic mass is 35.5. The Kier molecular flexibility index (Phi) is 5.93. The maximum absolute atomic E-state index is 12.1. The molecule has 0 radical (unpaired) electrons. The van der Waals surface area contributed by atoms with Gasteiger partial charge in [0.1, 0.15) is 11.1 Å². The molecule has 2 aromatic carbocycles. The molecule has 3 aromatic rings. The number of carbonyl (C=O) groups excluding carboxylic acids is 1. The van der Waals surface area contributed by atoms with Gasteiger partial charge in [-0.05, 0) is 60.2 Å². The summed E-state index contributed by atoms with van der Waals surface area (Å²) in [5.74, 6) is 0.791. The highest BCUT2D eigenvalue weighted by molar-refractivity contribution is 7.90. The summed E-state index contributed by atoms with van der Waals surface area (Å²) in [6, 6.07) is 11.4. The van der Waals surface area contributed by atoms with Gasteiger partial charge in [-0.2, -0.15) is 4.98 Å².